The summed E-state index contributed by atoms with van der Waals surface area (Å²) in [5.74, 6) is 0. The van der Waals surface area contributed by atoms with Gasteiger partial charge in [0.25, 0.3) is 0 Å². The SMILES string of the molecule is c1ccc(CC(Cc2ccccc2)(c2ccccc2)c2ccccc2)cc1. The predicted octanol–water partition coefficient (Wildman–Crippen LogP) is 6.46. The maximum absolute atomic E-state index is 2.28. The molecule has 0 atom stereocenters. The van der Waals surface area contributed by atoms with E-state index < -0.39 is 0 Å². The summed E-state index contributed by atoms with van der Waals surface area (Å²) in [4.78, 5) is 0. The molecule has 4 aromatic carbocycles. The second kappa shape index (κ2) is 8.05. The highest BCUT2D eigenvalue weighted by molar-refractivity contribution is 5.44. The summed E-state index contributed by atoms with van der Waals surface area (Å²) in [5.41, 5.74) is 5.35. The Morgan fingerprint density at radius 2 is 0.667 bits per heavy atom. The second-order valence-electron chi connectivity index (χ2n) is 7.14. The molecule has 0 radical (unpaired) electrons. The molecule has 0 unspecified atom stereocenters. The molecule has 0 heterocycles. The molecule has 0 saturated heterocycles. The van der Waals surface area contributed by atoms with Crippen LogP contribution in [-0.4, -0.2) is 0 Å². The van der Waals surface area contributed by atoms with Crippen molar-refractivity contribution in [3.8, 4) is 0 Å². The molecular weight excluding hydrogens is 324 g/mol. The van der Waals surface area contributed by atoms with E-state index in [1.54, 1.807) is 0 Å². The van der Waals surface area contributed by atoms with Gasteiger partial charge in [0, 0.05) is 5.41 Å². The van der Waals surface area contributed by atoms with Crippen LogP contribution in [0, 0.1) is 0 Å². The van der Waals surface area contributed by atoms with Crippen LogP contribution in [0.4, 0.5) is 0 Å². The van der Waals surface area contributed by atoms with Gasteiger partial charge in [0.15, 0.2) is 0 Å². The van der Waals surface area contributed by atoms with E-state index in [9.17, 15) is 0 Å². The van der Waals surface area contributed by atoms with Gasteiger partial charge in [0.05, 0.1) is 0 Å². The average molecular weight is 348 g/mol. The normalized spacial score (nSPS) is 11.3. The fraction of sp³-hybridized carbons (Fsp3) is 0.111. The van der Waals surface area contributed by atoms with Crippen molar-refractivity contribution < 1.29 is 0 Å². The first-order chi connectivity index (χ1) is 13.4. The van der Waals surface area contributed by atoms with E-state index in [-0.39, 0.29) is 5.41 Å². The van der Waals surface area contributed by atoms with Crippen LogP contribution in [0.3, 0.4) is 0 Å². The number of benzene rings is 4. The van der Waals surface area contributed by atoms with Crippen LogP contribution >= 0.6 is 0 Å². The lowest BCUT2D eigenvalue weighted by atomic mass is 9.67. The Balaban J connectivity index is 1.90. The standard InChI is InChI=1S/C27H24/c1-5-13-23(14-6-1)21-27(25-17-9-3-10-18-25,26-19-11-4-12-20-26)22-24-15-7-2-8-16-24/h1-20H,21-22H2. The van der Waals surface area contributed by atoms with Crippen LogP contribution in [0.5, 0.6) is 0 Å². The molecule has 0 spiro atoms. The quantitative estimate of drug-likeness (QED) is 0.375. The van der Waals surface area contributed by atoms with Crippen LogP contribution in [0.2, 0.25) is 0 Å². The minimum Gasteiger partial charge on any atom is -0.0622 e. The molecule has 0 fully saturated rings. The van der Waals surface area contributed by atoms with Gasteiger partial charge >= 0.3 is 0 Å². The Bertz CT molecular complexity index is 859. The minimum atomic E-state index is -0.106. The maximum Gasteiger partial charge on any atom is 0.0283 e. The number of rotatable bonds is 6. The third-order valence-electron chi connectivity index (χ3n) is 5.35. The van der Waals surface area contributed by atoms with Gasteiger partial charge in [-0.3, -0.25) is 0 Å². The van der Waals surface area contributed by atoms with E-state index >= 15 is 0 Å². The van der Waals surface area contributed by atoms with E-state index in [0.717, 1.165) is 12.8 Å². The summed E-state index contributed by atoms with van der Waals surface area (Å²) in [6, 6.07) is 43.6. The lowest BCUT2D eigenvalue weighted by molar-refractivity contribution is 0.507. The minimum absolute atomic E-state index is 0.106. The Hall–Kier alpha value is -3.12. The molecule has 0 bridgehead atoms. The third-order valence-corrected chi connectivity index (χ3v) is 5.35. The van der Waals surface area contributed by atoms with Crippen molar-refractivity contribution in [3.05, 3.63) is 144 Å². The lowest BCUT2D eigenvalue weighted by Crippen LogP contribution is -2.33. The van der Waals surface area contributed by atoms with Gasteiger partial charge in [0.1, 0.15) is 0 Å². The molecule has 0 aliphatic heterocycles. The summed E-state index contributed by atoms with van der Waals surface area (Å²) in [7, 11) is 0. The molecule has 27 heavy (non-hydrogen) atoms. The van der Waals surface area contributed by atoms with Crippen LogP contribution in [0.15, 0.2) is 121 Å². The zero-order chi connectivity index (χ0) is 18.4. The summed E-state index contributed by atoms with van der Waals surface area (Å²) in [6.07, 6.45) is 1.94. The highest BCUT2D eigenvalue weighted by atomic mass is 14.4. The Labute approximate surface area is 162 Å². The average Bonchev–Trinajstić information content (AvgIpc) is 2.76. The smallest absolute Gasteiger partial charge is 0.0283 e. The molecular formula is C27H24. The van der Waals surface area contributed by atoms with Gasteiger partial charge in [-0.15, -0.1) is 0 Å². The predicted molar refractivity (Wildman–Crippen MR) is 114 cm³/mol. The summed E-state index contributed by atoms with van der Waals surface area (Å²) in [6.45, 7) is 0. The van der Waals surface area contributed by atoms with Gasteiger partial charge in [-0.2, -0.15) is 0 Å². The van der Waals surface area contributed by atoms with Crippen LogP contribution in [-0.2, 0) is 18.3 Å². The molecule has 132 valence electrons. The lowest BCUT2D eigenvalue weighted by Gasteiger charge is -2.36. The van der Waals surface area contributed by atoms with Gasteiger partial charge < -0.3 is 0 Å². The number of hydrogen-bond donors (Lipinski definition) is 0. The molecule has 0 nitrogen and oxygen atoms in total. The molecule has 0 saturated carbocycles. The topological polar surface area (TPSA) is 0 Å². The Kier molecular flexibility index (Phi) is 5.16. The van der Waals surface area contributed by atoms with E-state index in [2.05, 4.69) is 121 Å². The van der Waals surface area contributed by atoms with Crippen molar-refractivity contribution in [2.45, 2.75) is 18.3 Å². The fourth-order valence-corrected chi connectivity index (χ4v) is 4.04. The first-order valence-electron chi connectivity index (χ1n) is 9.56. The Morgan fingerprint density at radius 1 is 0.370 bits per heavy atom. The number of hydrogen-bond acceptors (Lipinski definition) is 0. The molecule has 0 N–H and O–H groups in total. The first kappa shape index (κ1) is 17.3. The van der Waals surface area contributed by atoms with E-state index in [0.29, 0.717) is 0 Å². The van der Waals surface area contributed by atoms with Crippen molar-refractivity contribution in [1.29, 1.82) is 0 Å². The highest BCUT2D eigenvalue weighted by Gasteiger charge is 2.34. The van der Waals surface area contributed by atoms with Gasteiger partial charge in [-0.05, 0) is 35.1 Å². The third kappa shape index (κ3) is 3.85. The van der Waals surface area contributed by atoms with E-state index in [1.165, 1.54) is 22.3 Å². The van der Waals surface area contributed by atoms with E-state index in [4.69, 9.17) is 0 Å². The van der Waals surface area contributed by atoms with Crippen LogP contribution in [0.25, 0.3) is 0 Å². The molecule has 4 aromatic rings. The maximum atomic E-state index is 2.28. The van der Waals surface area contributed by atoms with Crippen molar-refractivity contribution in [1.82, 2.24) is 0 Å². The molecule has 0 aliphatic carbocycles. The fourth-order valence-electron chi connectivity index (χ4n) is 4.04. The van der Waals surface area contributed by atoms with Crippen LogP contribution in [0.1, 0.15) is 22.3 Å². The zero-order valence-electron chi connectivity index (χ0n) is 15.5. The zero-order valence-corrected chi connectivity index (χ0v) is 15.5. The van der Waals surface area contributed by atoms with Crippen molar-refractivity contribution in [2.24, 2.45) is 0 Å². The summed E-state index contributed by atoms with van der Waals surface area (Å²) >= 11 is 0. The van der Waals surface area contributed by atoms with Crippen molar-refractivity contribution in [3.63, 3.8) is 0 Å². The van der Waals surface area contributed by atoms with Crippen molar-refractivity contribution >= 4 is 0 Å². The molecule has 0 heteroatoms. The van der Waals surface area contributed by atoms with Crippen molar-refractivity contribution in [2.75, 3.05) is 0 Å². The molecule has 4 rings (SSSR count). The van der Waals surface area contributed by atoms with Gasteiger partial charge in [-0.1, -0.05) is 121 Å². The largest absolute Gasteiger partial charge is 0.0622 e. The first-order valence-corrected chi connectivity index (χ1v) is 9.56. The van der Waals surface area contributed by atoms with Gasteiger partial charge in [-0.25, -0.2) is 0 Å². The second-order valence-corrected chi connectivity index (χ2v) is 7.14. The molecule has 0 aromatic heterocycles. The Morgan fingerprint density at radius 3 is 1.00 bits per heavy atom. The van der Waals surface area contributed by atoms with E-state index in [1.807, 2.05) is 0 Å². The summed E-state index contributed by atoms with van der Waals surface area (Å²) in [5, 5.41) is 0. The summed E-state index contributed by atoms with van der Waals surface area (Å²) < 4.78 is 0. The van der Waals surface area contributed by atoms with Crippen LogP contribution < -0.4 is 0 Å². The highest BCUT2D eigenvalue weighted by Crippen LogP contribution is 2.39. The molecule has 0 amide bonds. The molecule has 0 aliphatic rings. The van der Waals surface area contributed by atoms with Gasteiger partial charge in [0.2, 0.25) is 0 Å². The monoisotopic (exact) mass is 348 g/mol.